The van der Waals surface area contributed by atoms with Crippen molar-refractivity contribution in [3.8, 4) is 23.0 Å². The fraction of sp³-hybridized carbons (Fsp3) is 0.400. The van der Waals surface area contributed by atoms with Crippen molar-refractivity contribution in [2.75, 3.05) is 13.7 Å². The fourth-order valence-electron chi connectivity index (χ4n) is 5.93. The van der Waals surface area contributed by atoms with E-state index in [1.807, 2.05) is 12.1 Å². The summed E-state index contributed by atoms with van der Waals surface area (Å²) in [5, 5.41) is 0. The van der Waals surface area contributed by atoms with Crippen molar-refractivity contribution in [2.24, 2.45) is 0 Å². The lowest BCUT2D eigenvalue weighted by Crippen LogP contribution is -2.41. The lowest BCUT2D eigenvalue weighted by atomic mass is 9.78. The van der Waals surface area contributed by atoms with E-state index >= 15 is 0 Å². The summed E-state index contributed by atoms with van der Waals surface area (Å²) in [5.41, 5.74) is 1.97. The van der Waals surface area contributed by atoms with Gasteiger partial charge in [-0.1, -0.05) is 57.9 Å². The third-order valence-electron chi connectivity index (χ3n) is 8.77. The summed E-state index contributed by atoms with van der Waals surface area (Å²) < 4.78 is 49.9. The Morgan fingerprint density at radius 2 is 1.10 bits per heavy atom. The molecule has 8 heteroatoms. The molecule has 0 aliphatic heterocycles. The number of sulfone groups is 1. The number of methoxy groups -OCH3 is 1. The van der Waals surface area contributed by atoms with Gasteiger partial charge in [0, 0.05) is 5.41 Å². The minimum absolute atomic E-state index is 0.131. The molecule has 258 valence electrons. The summed E-state index contributed by atoms with van der Waals surface area (Å²) in [4.78, 5) is 0.409. The number of unbranched alkanes of at least 4 members (excludes halogenated alkanes) is 1. The first kappa shape index (κ1) is 37.2. The first-order valence-corrected chi connectivity index (χ1v) is 21.5. The summed E-state index contributed by atoms with van der Waals surface area (Å²) >= 11 is 0. The zero-order chi connectivity index (χ0) is 35.0. The summed E-state index contributed by atoms with van der Waals surface area (Å²) in [6.45, 7) is 16.4. The standard InChI is InChI=1S/C40H52O6SSi/c1-9-10-30-48(7,8)46-39(2,3)28-11-29-44-34-16-12-31(13-17-34)40(4,5)32-14-18-35(19-15-32)45-36-22-26-38(27-23-36)47(41,42)37-24-20-33(43-6)21-25-37/h12-27H,9-11,28-30H2,1-8H3. The molecule has 0 fully saturated rings. The minimum Gasteiger partial charge on any atom is -0.497 e. The first-order valence-electron chi connectivity index (χ1n) is 16.9. The topological polar surface area (TPSA) is 71.1 Å². The summed E-state index contributed by atoms with van der Waals surface area (Å²) in [7, 11) is -3.75. The van der Waals surface area contributed by atoms with Gasteiger partial charge in [0.15, 0.2) is 8.32 Å². The molecule has 0 unspecified atom stereocenters. The molecule has 0 aliphatic rings. The van der Waals surface area contributed by atoms with Gasteiger partial charge in [0.25, 0.3) is 0 Å². The summed E-state index contributed by atoms with van der Waals surface area (Å²) in [5.74, 6) is 2.70. The van der Waals surface area contributed by atoms with E-state index in [9.17, 15) is 8.42 Å². The van der Waals surface area contributed by atoms with Crippen molar-refractivity contribution in [3.05, 3.63) is 108 Å². The van der Waals surface area contributed by atoms with Crippen LogP contribution in [0.3, 0.4) is 0 Å². The van der Waals surface area contributed by atoms with Crippen molar-refractivity contribution in [2.45, 2.75) is 100 Å². The molecule has 0 spiro atoms. The second kappa shape index (κ2) is 15.7. The van der Waals surface area contributed by atoms with Crippen LogP contribution in [0.1, 0.15) is 71.4 Å². The van der Waals surface area contributed by atoms with Crippen LogP contribution in [0.4, 0.5) is 0 Å². The molecule has 0 aliphatic carbocycles. The lowest BCUT2D eigenvalue weighted by Gasteiger charge is -2.35. The third-order valence-corrected chi connectivity index (χ3v) is 13.2. The Hall–Kier alpha value is -3.59. The molecular weight excluding hydrogens is 637 g/mol. The number of ether oxygens (including phenoxy) is 3. The Kier molecular flexibility index (Phi) is 12.2. The van der Waals surface area contributed by atoms with Crippen LogP contribution in [0.15, 0.2) is 107 Å². The highest BCUT2D eigenvalue weighted by Gasteiger charge is 2.30. The van der Waals surface area contributed by atoms with Crippen molar-refractivity contribution < 1.29 is 27.1 Å². The molecule has 48 heavy (non-hydrogen) atoms. The van der Waals surface area contributed by atoms with Gasteiger partial charge in [-0.05, 0) is 130 Å². The zero-order valence-electron chi connectivity index (χ0n) is 29.8. The maximum atomic E-state index is 13.0. The van der Waals surface area contributed by atoms with Crippen molar-refractivity contribution in [1.29, 1.82) is 0 Å². The van der Waals surface area contributed by atoms with Crippen LogP contribution in [0.5, 0.6) is 23.0 Å². The monoisotopic (exact) mass is 688 g/mol. The molecule has 0 saturated carbocycles. The third kappa shape index (κ3) is 9.97. The van der Waals surface area contributed by atoms with E-state index < -0.39 is 18.2 Å². The van der Waals surface area contributed by atoms with E-state index in [-0.39, 0.29) is 20.8 Å². The van der Waals surface area contributed by atoms with E-state index in [2.05, 4.69) is 84.1 Å². The largest absolute Gasteiger partial charge is 0.497 e. The molecule has 4 aromatic rings. The second-order valence-electron chi connectivity index (χ2n) is 14.1. The highest BCUT2D eigenvalue weighted by molar-refractivity contribution is 7.91. The lowest BCUT2D eigenvalue weighted by molar-refractivity contribution is 0.0813. The van der Waals surface area contributed by atoms with E-state index in [0.29, 0.717) is 23.9 Å². The molecule has 6 nitrogen and oxygen atoms in total. The van der Waals surface area contributed by atoms with Gasteiger partial charge < -0.3 is 18.6 Å². The Labute approximate surface area is 289 Å². The zero-order valence-corrected chi connectivity index (χ0v) is 31.7. The molecule has 0 atom stereocenters. The Balaban J connectivity index is 1.30. The Bertz CT molecular complexity index is 1690. The van der Waals surface area contributed by atoms with E-state index in [1.54, 1.807) is 55.6 Å². The summed E-state index contributed by atoms with van der Waals surface area (Å²) in [6, 6.07) is 30.4. The quantitative estimate of drug-likeness (QED) is 0.0812. The highest BCUT2D eigenvalue weighted by Crippen LogP contribution is 2.35. The highest BCUT2D eigenvalue weighted by atomic mass is 32.2. The number of hydrogen-bond donors (Lipinski definition) is 0. The van der Waals surface area contributed by atoms with E-state index in [0.717, 1.165) is 24.2 Å². The number of rotatable bonds is 17. The van der Waals surface area contributed by atoms with Gasteiger partial charge in [0.05, 0.1) is 29.1 Å². The average molecular weight is 689 g/mol. The van der Waals surface area contributed by atoms with Gasteiger partial charge in [-0.2, -0.15) is 0 Å². The normalized spacial score (nSPS) is 12.5. The molecule has 0 N–H and O–H groups in total. The molecule has 0 aromatic heterocycles. The molecule has 0 radical (unpaired) electrons. The number of benzene rings is 4. The molecule has 0 amide bonds. The molecule has 0 bridgehead atoms. The SMILES string of the molecule is CCCC[Si](C)(C)OC(C)(C)CCCOc1ccc(C(C)(C)c2ccc(Oc3ccc(S(=O)(=O)c4ccc(OC)cc4)cc3)cc2)cc1. The van der Waals surface area contributed by atoms with E-state index in [4.69, 9.17) is 18.6 Å². The van der Waals surface area contributed by atoms with Crippen LogP contribution in [-0.2, 0) is 19.7 Å². The minimum atomic E-state index is -3.65. The van der Waals surface area contributed by atoms with Gasteiger partial charge in [-0.25, -0.2) is 8.42 Å². The predicted molar refractivity (Wildman–Crippen MR) is 197 cm³/mol. The molecule has 4 aromatic carbocycles. The molecular formula is C40H52O6SSi. The van der Waals surface area contributed by atoms with E-state index in [1.165, 1.54) is 24.4 Å². The Morgan fingerprint density at radius 1 is 0.646 bits per heavy atom. The fourth-order valence-corrected chi connectivity index (χ4v) is 10.1. The second-order valence-corrected chi connectivity index (χ2v) is 20.3. The van der Waals surface area contributed by atoms with Crippen LogP contribution < -0.4 is 14.2 Å². The van der Waals surface area contributed by atoms with Gasteiger partial charge in [-0.3, -0.25) is 0 Å². The van der Waals surface area contributed by atoms with Crippen LogP contribution in [0.25, 0.3) is 0 Å². The maximum absolute atomic E-state index is 13.0. The van der Waals surface area contributed by atoms with Gasteiger partial charge >= 0.3 is 0 Å². The maximum Gasteiger partial charge on any atom is 0.206 e. The predicted octanol–water partition coefficient (Wildman–Crippen LogP) is 10.6. The first-order chi connectivity index (χ1) is 22.6. The van der Waals surface area contributed by atoms with Crippen molar-refractivity contribution in [1.82, 2.24) is 0 Å². The van der Waals surface area contributed by atoms with Crippen LogP contribution in [0, 0.1) is 0 Å². The smallest absolute Gasteiger partial charge is 0.206 e. The van der Waals surface area contributed by atoms with Gasteiger partial charge in [-0.15, -0.1) is 0 Å². The van der Waals surface area contributed by atoms with Crippen LogP contribution >= 0.6 is 0 Å². The molecule has 0 saturated heterocycles. The average Bonchev–Trinajstić information content (AvgIpc) is 3.06. The van der Waals surface area contributed by atoms with Crippen LogP contribution in [-0.4, -0.2) is 36.1 Å². The Morgan fingerprint density at radius 3 is 1.58 bits per heavy atom. The van der Waals surface area contributed by atoms with Crippen molar-refractivity contribution >= 4 is 18.2 Å². The summed E-state index contributed by atoms with van der Waals surface area (Å²) in [6.07, 6.45) is 4.37. The number of hydrogen-bond acceptors (Lipinski definition) is 6. The van der Waals surface area contributed by atoms with Gasteiger partial charge in [0.1, 0.15) is 23.0 Å². The molecule has 0 heterocycles. The van der Waals surface area contributed by atoms with Crippen molar-refractivity contribution in [3.63, 3.8) is 0 Å². The van der Waals surface area contributed by atoms with Crippen LogP contribution in [0.2, 0.25) is 19.1 Å². The van der Waals surface area contributed by atoms with Gasteiger partial charge in [0.2, 0.25) is 9.84 Å². The molecule has 4 rings (SSSR count).